The summed E-state index contributed by atoms with van der Waals surface area (Å²) < 4.78 is 41.9. The highest BCUT2D eigenvalue weighted by molar-refractivity contribution is 5.79. The van der Waals surface area contributed by atoms with Gasteiger partial charge in [0.15, 0.2) is 17.9 Å². The number of ether oxygens (including phenoxy) is 1. The van der Waals surface area contributed by atoms with Crippen molar-refractivity contribution in [1.82, 2.24) is 0 Å². The van der Waals surface area contributed by atoms with E-state index in [1.807, 2.05) is 0 Å². The lowest BCUT2D eigenvalue weighted by Gasteiger charge is -2.07. The Bertz CT molecular complexity index is 350. The van der Waals surface area contributed by atoms with E-state index in [2.05, 4.69) is 4.74 Å². The van der Waals surface area contributed by atoms with Gasteiger partial charge in [0, 0.05) is 5.56 Å². The minimum Gasteiger partial charge on any atom is -0.493 e. The van der Waals surface area contributed by atoms with Crippen LogP contribution in [0, 0.1) is 5.82 Å². The molecule has 0 atom stereocenters. The Labute approximate surface area is 78.3 Å². The topological polar surface area (TPSA) is 26.3 Å². The van der Waals surface area contributed by atoms with Gasteiger partial charge in [0.2, 0.25) is 0 Å². The van der Waals surface area contributed by atoms with E-state index in [4.69, 9.17) is 0 Å². The number of halogens is 3. The van der Waals surface area contributed by atoms with Crippen molar-refractivity contribution in [3.05, 3.63) is 29.1 Å². The standard InChI is InChI=1S/C9H7F3O2/c1-14-8-6(4-13)2-5(9(11)12)3-7(8)10/h2-4,9H,1H3. The summed E-state index contributed by atoms with van der Waals surface area (Å²) in [5.41, 5.74) is -0.756. The van der Waals surface area contributed by atoms with Crippen LogP contribution in [-0.4, -0.2) is 13.4 Å². The van der Waals surface area contributed by atoms with E-state index < -0.39 is 17.8 Å². The molecule has 1 aromatic carbocycles. The number of methoxy groups -OCH3 is 1. The van der Waals surface area contributed by atoms with Gasteiger partial charge in [-0.1, -0.05) is 0 Å². The third-order valence-corrected chi connectivity index (χ3v) is 1.68. The smallest absolute Gasteiger partial charge is 0.263 e. The summed E-state index contributed by atoms with van der Waals surface area (Å²) in [6.45, 7) is 0. The highest BCUT2D eigenvalue weighted by Gasteiger charge is 2.15. The second-order valence-electron chi connectivity index (χ2n) is 2.54. The molecular weight excluding hydrogens is 197 g/mol. The van der Waals surface area contributed by atoms with Crippen molar-refractivity contribution in [2.45, 2.75) is 6.43 Å². The van der Waals surface area contributed by atoms with E-state index >= 15 is 0 Å². The zero-order valence-corrected chi connectivity index (χ0v) is 7.26. The maximum atomic E-state index is 13.0. The summed E-state index contributed by atoms with van der Waals surface area (Å²) in [5, 5.41) is 0. The second kappa shape index (κ2) is 4.13. The summed E-state index contributed by atoms with van der Waals surface area (Å²) in [6.07, 6.45) is -2.54. The molecule has 0 bridgehead atoms. The Balaban J connectivity index is 3.31. The molecule has 0 aromatic heterocycles. The van der Waals surface area contributed by atoms with Crippen molar-refractivity contribution in [3.63, 3.8) is 0 Å². The largest absolute Gasteiger partial charge is 0.493 e. The van der Waals surface area contributed by atoms with Crippen LogP contribution in [-0.2, 0) is 0 Å². The fraction of sp³-hybridized carbons (Fsp3) is 0.222. The van der Waals surface area contributed by atoms with Crippen LogP contribution in [0.15, 0.2) is 12.1 Å². The van der Waals surface area contributed by atoms with Gasteiger partial charge in [0.25, 0.3) is 6.43 Å². The van der Waals surface area contributed by atoms with Crippen LogP contribution in [0.25, 0.3) is 0 Å². The summed E-state index contributed by atoms with van der Waals surface area (Å²) in [4.78, 5) is 10.4. The SMILES string of the molecule is COc1c(F)cc(C(F)F)cc1C=O. The maximum absolute atomic E-state index is 13.0. The van der Waals surface area contributed by atoms with Crippen LogP contribution in [0.5, 0.6) is 5.75 Å². The fourth-order valence-corrected chi connectivity index (χ4v) is 1.07. The first-order valence-electron chi connectivity index (χ1n) is 3.71. The summed E-state index contributed by atoms with van der Waals surface area (Å²) in [5.74, 6) is -1.28. The molecule has 0 amide bonds. The predicted molar refractivity (Wildman–Crippen MR) is 43.3 cm³/mol. The Morgan fingerprint density at radius 2 is 2.07 bits per heavy atom. The van der Waals surface area contributed by atoms with Gasteiger partial charge in [-0.05, 0) is 12.1 Å². The zero-order chi connectivity index (χ0) is 10.7. The molecule has 14 heavy (non-hydrogen) atoms. The van der Waals surface area contributed by atoms with Gasteiger partial charge < -0.3 is 4.74 Å². The number of carbonyl (C=O) groups is 1. The van der Waals surface area contributed by atoms with Crippen LogP contribution >= 0.6 is 0 Å². The van der Waals surface area contributed by atoms with Crippen molar-refractivity contribution in [1.29, 1.82) is 0 Å². The molecule has 0 spiro atoms. The summed E-state index contributed by atoms with van der Waals surface area (Å²) in [6, 6.07) is 1.55. The lowest BCUT2D eigenvalue weighted by molar-refractivity contribution is 0.111. The molecule has 0 aliphatic heterocycles. The lowest BCUT2D eigenvalue weighted by atomic mass is 10.1. The minimum atomic E-state index is -2.81. The average Bonchev–Trinajstić information content (AvgIpc) is 2.16. The maximum Gasteiger partial charge on any atom is 0.263 e. The molecule has 0 heterocycles. The molecule has 0 aliphatic carbocycles. The first-order chi connectivity index (χ1) is 6.60. The van der Waals surface area contributed by atoms with Gasteiger partial charge in [0.05, 0.1) is 12.7 Å². The van der Waals surface area contributed by atoms with Crippen LogP contribution in [0.2, 0.25) is 0 Å². The Morgan fingerprint density at radius 3 is 2.50 bits per heavy atom. The minimum absolute atomic E-state index is 0.220. The van der Waals surface area contributed by atoms with Crippen LogP contribution in [0.3, 0.4) is 0 Å². The van der Waals surface area contributed by atoms with Crippen molar-refractivity contribution in [3.8, 4) is 5.75 Å². The average molecular weight is 204 g/mol. The van der Waals surface area contributed by atoms with E-state index in [1.54, 1.807) is 0 Å². The molecule has 2 nitrogen and oxygen atoms in total. The van der Waals surface area contributed by atoms with Crippen LogP contribution < -0.4 is 4.74 Å². The number of hydrogen-bond donors (Lipinski definition) is 0. The molecule has 0 fully saturated rings. The van der Waals surface area contributed by atoms with E-state index in [-0.39, 0.29) is 17.6 Å². The van der Waals surface area contributed by atoms with Gasteiger partial charge >= 0.3 is 0 Å². The molecule has 76 valence electrons. The highest BCUT2D eigenvalue weighted by atomic mass is 19.3. The molecule has 0 unspecified atom stereocenters. The first-order valence-corrected chi connectivity index (χ1v) is 3.71. The fourth-order valence-electron chi connectivity index (χ4n) is 1.07. The second-order valence-corrected chi connectivity index (χ2v) is 2.54. The van der Waals surface area contributed by atoms with Crippen molar-refractivity contribution >= 4 is 6.29 Å². The molecule has 5 heteroatoms. The molecular formula is C9H7F3O2. The highest BCUT2D eigenvalue weighted by Crippen LogP contribution is 2.28. The molecule has 0 saturated heterocycles. The Morgan fingerprint density at radius 1 is 1.43 bits per heavy atom. The monoisotopic (exact) mass is 204 g/mol. The first kappa shape index (κ1) is 10.6. The summed E-state index contributed by atoms with van der Waals surface area (Å²) >= 11 is 0. The lowest BCUT2D eigenvalue weighted by Crippen LogP contribution is -1.97. The molecule has 0 aliphatic rings. The third-order valence-electron chi connectivity index (χ3n) is 1.68. The number of alkyl halides is 2. The normalized spacial score (nSPS) is 10.4. The van der Waals surface area contributed by atoms with Gasteiger partial charge in [-0.2, -0.15) is 0 Å². The van der Waals surface area contributed by atoms with E-state index in [1.165, 1.54) is 0 Å². The third kappa shape index (κ3) is 1.86. The number of aldehydes is 1. The predicted octanol–water partition coefficient (Wildman–Crippen LogP) is 2.58. The van der Waals surface area contributed by atoms with E-state index in [0.717, 1.165) is 13.2 Å². The number of carbonyl (C=O) groups excluding carboxylic acids is 1. The summed E-state index contributed by atoms with van der Waals surface area (Å²) in [7, 11) is 1.16. The molecule has 0 radical (unpaired) electrons. The van der Waals surface area contributed by atoms with Gasteiger partial charge in [-0.25, -0.2) is 13.2 Å². The van der Waals surface area contributed by atoms with Gasteiger partial charge in [-0.3, -0.25) is 4.79 Å². The molecule has 1 rings (SSSR count). The number of hydrogen-bond acceptors (Lipinski definition) is 2. The molecule has 0 saturated carbocycles. The number of benzene rings is 1. The molecule has 1 aromatic rings. The quantitative estimate of drug-likeness (QED) is 0.707. The van der Waals surface area contributed by atoms with Crippen molar-refractivity contribution < 1.29 is 22.7 Å². The Hall–Kier alpha value is -1.52. The van der Waals surface area contributed by atoms with Crippen molar-refractivity contribution in [2.24, 2.45) is 0 Å². The Kier molecular flexibility index (Phi) is 3.11. The molecule has 0 N–H and O–H groups in total. The van der Waals surface area contributed by atoms with Crippen LogP contribution in [0.4, 0.5) is 13.2 Å². The van der Waals surface area contributed by atoms with E-state index in [0.29, 0.717) is 6.07 Å². The van der Waals surface area contributed by atoms with Gasteiger partial charge in [-0.15, -0.1) is 0 Å². The van der Waals surface area contributed by atoms with E-state index in [9.17, 15) is 18.0 Å². The van der Waals surface area contributed by atoms with Crippen molar-refractivity contribution in [2.75, 3.05) is 7.11 Å². The zero-order valence-electron chi connectivity index (χ0n) is 7.26. The number of rotatable bonds is 3. The van der Waals surface area contributed by atoms with Gasteiger partial charge in [0.1, 0.15) is 0 Å². The van der Waals surface area contributed by atoms with Crippen LogP contribution in [0.1, 0.15) is 22.3 Å².